The van der Waals surface area contributed by atoms with Gasteiger partial charge in [0.1, 0.15) is 0 Å². The Labute approximate surface area is 61.5 Å². The lowest BCUT2D eigenvalue weighted by atomic mass is 10.9. The second-order valence-electron chi connectivity index (χ2n) is 1.76. The molecule has 0 unspecified atom stereocenters. The van der Waals surface area contributed by atoms with Crippen LogP contribution in [-0.4, -0.2) is 14.5 Å². The number of anilines is 1. The summed E-state index contributed by atoms with van der Waals surface area (Å²) in [5.41, 5.74) is 4.94. The third-order valence-electron chi connectivity index (χ3n) is 1.08. The molecule has 0 fully saturated rings. The van der Waals surface area contributed by atoms with Crippen LogP contribution in [0.1, 0.15) is 0 Å². The molecule has 1 aromatic heterocycles. The first-order valence-electron chi connectivity index (χ1n) is 2.54. The van der Waals surface area contributed by atoms with Crippen LogP contribution in [0.15, 0.2) is 4.79 Å². The van der Waals surface area contributed by atoms with E-state index in [1.165, 1.54) is 11.6 Å². The minimum absolute atomic E-state index is 0.112. The highest BCUT2D eigenvalue weighted by atomic mass is 32.1. The molecular formula is C4H6N4OS. The first-order chi connectivity index (χ1) is 4.61. The van der Waals surface area contributed by atoms with Crippen molar-refractivity contribution in [2.45, 2.75) is 0 Å². The maximum Gasteiger partial charge on any atom is 0.330 e. The minimum atomic E-state index is -0.350. The van der Waals surface area contributed by atoms with Crippen molar-refractivity contribution in [2.75, 3.05) is 5.73 Å². The quantitative estimate of drug-likeness (QED) is 0.495. The van der Waals surface area contributed by atoms with Gasteiger partial charge in [0.05, 0.1) is 0 Å². The van der Waals surface area contributed by atoms with Gasteiger partial charge in [-0.1, -0.05) is 0 Å². The van der Waals surface area contributed by atoms with Crippen LogP contribution in [0.4, 0.5) is 5.95 Å². The number of aromatic amines is 1. The molecule has 1 rings (SSSR count). The van der Waals surface area contributed by atoms with Gasteiger partial charge in [-0.2, -0.15) is 4.98 Å². The first-order valence-corrected chi connectivity index (χ1v) is 2.95. The van der Waals surface area contributed by atoms with Gasteiger partial charge >= 0.3 is 5.69 Å². The van der Waals surface area contributed by atoms with E-state index in [1.807, 2.05) is 0 Å². The molecule has 1 heterocycles. The average Bonchev–Trinajstić information content (AvgIpc) is 1.82. The molecule has 0 saturated heterocycles. The van der Waals surface area contributed by atoms with Crippen molar-refractivity contribution in [3.05, 3.63) is 15.3 Å². The number of rotatable bonds is 0. The molecule has 0 amide bonds. The van der Waals surface area contributed by atoms with Crippen LogP contribution in [0, 0.1) is 4.77 Å². The number of hydrogen-bond donors (Lipinski definition) is 2. The monoisotopic (exact) mass is 158 g/mol. The normalized spacial score (nSPS) is 9.70. The molecule has 54 valence electrons. The van der Waals surface area contributed by atoms with Gasteiger partial charge in [-0.05, 0) is 12.2 Å². The Morgan fingerprint density at radius 1 is 1.80 bits per heavy atom. The lowest BCUT2D eigenvalue weighted by Crippen LogP contribution is -2.23. The molecule has 5 nitrogen and oxygen atoms in total. The topological polar surface area (TPSA) is 76.7 Å². The molecule has 0 spiro atoms. The van der Waals surface area contributed by atoms with Crippen LogP contribution >= 0.6 is 12.2 Å². The van der Waals surface area contributed by atoms with Gasteiger partial charge in [-0.15, -0.1) is 0 Å². The Kier molecular flexibility index (Phi) is 1.54. The van der Waals surface area contributed by atoms with Crippen molar-refractivity contribution < 1.29 is 0 Å². The van der Waals surface area contributed by atoms with Gasteiger partial charge in [-0.3, -0.25) is 9.55 Å². The van der Waals surface area contributed by atoms with Crippen molar-refractivity contribution >= 4 is 18.2 Å². The summed E-state index contributed by atoms with van der Waals surface area (Å²) in [5, 5.41) is 0. The van der Waals surface area contributed by atoms with Crippen LogP contribution in [0.2, 0.25) is 0 Å². The van der Waals surface area contributed by atoms with E-state index in [1.54, 1.807) is 0 Å². The summed E-state index contributed by atoms with van der Waals surface area (Å²) in [6, 6.07) is 0. The smallest absolute Gasteiger partial charge is 0.330 e. The third kappa shape index (κ3) is 1.06. The fraction of sp³-hybridized carbons (Fsp3) is 0.250. The molecule has 0 aliphatic rings. The average molecular weight is 158 g/mol. The highest BCUT2D eigenvalue weighted by Gasteiger charge is 1.94. The van der Waals surface area contributed by atoms with Gasteiger partial charge in [0, 0.05) is 7.05 Å². The van der Waals surface area contributed by atoms with E-state index in [0.29, 0.717) is 0 Å². The van der Waals surface area contributed by atoms with E-state index < -0.39 is 0 Å². The molecule has 0 bridgehead atoms. The second kappa shape index (κ2) is 2.22. The van der Waals surface area contributed by atoms with E-state index in [0.717, 1.165) is 0 Å². The van der Waals surface area contributed by atoms with E-state index in [9.17, 15) is 4.79 Å². The fourth-order valence-corrected chi connectivity index (χ4v) is 0.667. The zero-order valence-corrected chi connectivity index (χ0v) is 6.10. The van der Waals surface area contributed by atoms with Crippen molar-refractivity contribution in [3.8, 4) is 0 Å². The molecule has 0 radical (unpaired) electrons. The maximum absolute atomic E-state index is 10.8. The highest BCUT2D eigenvalue weighted by Crippen LogP contribution is 1.84. The van der Waals surface area contributed by atoms with Crippen molar-refractivity contribution in [1.82, 2.24) is 14.5 Å². The molecule has 10 heavy (non-hydrogen) atoms. The number of nitrogens with one attached hydrogen (secondary N) is 1. The summed E-state index contributed by atoms with van der Waals surface area (Å²) >= 11 is 4.59. The minimum Gasteiger partial charge on any atom is -0.369 e. The molecule has 1 aromatic rings. The summed E-state index contributed by atoms with van der Waals surface area (Å²) in [4.78, 5) is 16.7. The third-order valence-corrected chi connectivity index (χ3v) is 1.27. The lowest BCUT2D eigenvalue weighted by molar-refractivity contribution is 0.781. The van der Waals surface area contributed by atoms with E-state index in [-0.39, 0.29) is 16.4 Å². The number of aromatic nitrogens is 3. The maximum atomic E-state index is 10.8. The Balaban J connectivity index is 3.62. The summed E-state index contributed by atoms with van der Waals surface area (Å²) in [5.74, 6) is 0.119. The molecule has 0 aliphatic heterocycles. The molecular weight excluding hydrogens is 152 g/mol. The summed E-state index contributed by atoms with van der Waals surface area (Å²) in [7, 11) is 1.51. The van der Waals surface area contributed by atoms with Gasteiger partial charge in [0.15, 0.2) is 0 Å². The molecule has 0 atom stereocenters. The Morgan fingerprint density at radius 2 is 2.40 bits per heavy atom. The van der Waals surface area contributed by atoms with Crippen LogP contribution in [-0.2, 0) is 7.05 Å². The highest BCUT2D eigenvalue weighted by molar-refractivity contribution is 7.71. The summed E-state index contributed by atoms with van der Waals surface area (Å²) in [6.07, 6.45) is 0. The molecule has 0 aliphatic carbocycles. The van der Waals surface area contributed by atoms with E-state index >= 15 is 0 Å². The van der Waals surface area contributed by atoms with Crippen molar-refractivity contribution in [1.29, 1.82) is 0 Å². The number of nitrogen functional groups attached to an aromatic ring is 1. The number of H-pyrrole nitrogens is 1. The van der Waals surface area contributed by atoms with E-state index in [4.69, 9.17) is 5.73 Å². The second-order valence-corrected chi connectivity index (χ2v) is 2.15. The Hall–Kier alpha value is -1.17. The predicted molar refractivity (Wildman–Crippen MR) is 39.1 cm³/mol. The SMILES string of the molecule is Cn1c(N)nc(=S)[nH]c1=O. The van der Waals surface area contributed by atoms with Crippen molar-refractivity contribution in [2.24, 2.45) is 7.05 Å². The Morgan fingerprint density at radius 3 is 2.90 bits per heavy atom. The number of nitrogens with zero attached hydrogens (tertiary/aromatic N) is 2. The molecule has 6 heteroatoms. The lowest BCUT2D eigenvalue weighted by Gasteiger charge is -1.97. The predicted octanol–water partition coefficient (Wildman–Crippen LogP) is -0.580. The van der Waals surface area contributed by atoms with Crippen LogP contribution in [0.5, 0.6) is 0 Å². The largest absolute Gasteiger partial charge is 0.369 e. The van der Waals surface area contributed by atoms with E-state index in [2.05, 4.69) is 22.2 Å². The van der Waals surface area contributed by atoms with Crippen LogP contribution < -0.4 is 11.4 Å². The Bertz CT molecular complexity index is 351. The fourth-order valence-electron chi connectivity index (χ4n) is 0.486. The number of nitrogens with two attached hydrogens (primary N) is 1. The summed E-state index contributed by atoms with van der Waals surface area (Å²) < 4.78 is 1.29. The summed E-state index contributed by atoms with van der Waals surface area (Å²) in [6.45, 7) is 0. The number of hydrogen-bond acceptors (Lipinski definition) is 4. The zero-order valence-electron chi connectivity index (χ0n) is 5.29. The zero-order chi connectivity index (χ0) is 7.72. The van der Waals surface area contributed by atoms with Gasteiger partial charge in [0.2, 0.25) is 10.7 Å². The van der Waals surface area contributed by atoms with Gasteiger partial charge < -0.3 is 5.73 Å². The van der Waals surface area contributed by atoms with Gasteiger partial charge in [-0.25, -0.2) is 4.79 Å². The molecule has 0 saturated carbocycles. The van der Waals surface area contributed by atoms with Crippen LogP contribution in [0.3, 0.4) is 0 Å². The standard InChI is InChI=1S/C4H6N4OS/c1-8-2(5)6-3(10)7-4(8)9/h1H3,(H3,5,6,7,9,10). The molecule has 0 aromatic carbocycles. The first kappa shape index (κ1) is 6.94. The molecule has 3 N–H and O–H groups in total. The van der Waals surface area contributed by atoms with Gasteiger partial charge in [0.25, 0.3) is 0 Å². The van der Waals surface area contributed by atoms with Crippen LogP contribution in [0.25, 0.3) is 0 Å². The van der Waals surface area contributed by atoms with Crippen molar-refractivity contribution in [3.63, 3.8) is 0 Å².